The molecule has 18 heteroatoms. The van der Waals surface area contributed by atoms with Crippen LogP contribution in [0.25, 0.3) is 0 Å². The Bertz CT molecular complexity index is 682. The fourth-order valence-corrected chi connectivity index (χ4v) is 5.38. The number of nitrogens with one attached hydrogen (secondary N) is 2. The van der Waals surface area contributed by atoms with Crippen LogP contribution >= 0.6 is 0 Å². The highest BCUT2D eigenvalue weighted by atomic mass is 28.4. The fraction of sp³-hybridized carbons (Fsp3) is 1.00. The van der Waals surface area contributed by atoms with Crippen molar-refractivity contribution in [2.75, 3.05) is 105 Å². The summed E-state index contributed by atoms with van der Waals surface area (Å²) in [6, 6.07) is 0.182. The highest BCUT2D eigenvalue weighted by molar-refractivity contribution is 6.56. The molecule has 3 atom stereocenters. The van der Waals surface area contributed by atoms with E-state index >= 15 is 0 Å². The Labute approximate surface area is 272 Å². The van der Waals surface area contributed by atoms with Gasteiger partial charge in [-0.15, -0.1) is 0 Å². The Balaban J connectivity index is 4.81. The maximum atomic E-state index is 10.5. The molecule has 0 amide bonds. The van der Waals surface area contributed by atoms with Gasteiger partial charge in [0.1, 0.15) is 0 Å². The van der Waals surface area contributed by atoms with Crippen LogP contribution in [0.3, 0.4) is 0 Å². The van der Waals surface area contributed by atoms with Gasteiger partial charge in [0.15, 0.2) is 0 Å². The number of aliphatic hydroxyl groups excluding tert-OH is 3. The number of hydrogen-bond donors (Lipinski definition) is 11. The van der Waals surface area contributed by atoms with Crippen molar-refractivity contribution in [3.63, 3.8) is 0 Å². The number of ether oxygens (including phenoxy) is 3. The van der Waals surface area contributed by atoms with E-state index in [-0.39, 0.29) is 57.6 Å². The highest BCUT2D eigenvalue weighted by Crippen LogP contribution is 2.08. The fourth-order valence-electron chi connectivity index (χ4n) is 4.23. The molecule has 0 aliphatic rings. The SMILES string of the molecule is CC(C)(C)OCC(O)CN(CCNCCN)CCNCCN(CC(O)COCCC[SiH](O)O)CC(O)COCCC[Si](O)(O)O. The van der Waals surface area contributed by atoms with Crippen molar-refractivity contribution >= 4 is 18.1 Å². The number of nitrogens with two attached hydrogens (primary N) is 1. The van der Waals surface area contributed by atoms with Crippen LogP contribution in [0.4, 0.5) is 0 Å². The summed E-state index contributed by atoms with van der Waals surface area (Å²) >= 11 is 0. The minimum Gasteiger partial charge on any atom is -0.413 e. The van der Waals surface area contributed by atoms with Crippen LogP contribution in [0.15, 0.2) is 0 Å². The van der Waals surface area contributed by atoms with Crippen LogP contribution in [0.1, 0.15) is 33.6 Å². The van der Waals surface area contributed by atoms with Crippen molar-refractivity contribution in [1.82, 2.24) is 20.4 Å². The van der Waals surface area contributed by atoms with Crippen molar-refractivity contribution in [3.05, 3.63) is 0 Å². The molecule has 0 bridgehead atoms. The predicted octanol–water partition coefficient (Wildman–Crippen LogP) is -4.44. The van der Waals surface area contributed by atoms with Crippen LogP contribution in [0.5, 0.6) is 0 Å². The van der Waals surface area contributed by atoms with Crippen molar-refractivity contribution in [2.24, 2.45) is 5.73 Å². The summed E-state index contributed by atoms with van der Waals surface area (Å²) < 4.78 is 16.6. The third-order valence-corrected chi connectivity index (χ3v) is 8.37. The first kappa shape index (κ1) is 44.8. The van der Waals surface area contributed by atoms with Gasteiger partial charge in [-0.3, -0.25) is 9.80 Å². The lowest BCUT2D eigenvalue weighted by Gasteiger charge is -2.29. The summed E-state index contributed by atoms with van der Waals surface area (Å²) in [6.07, 6.45) is -1.55. The Morgan fingerprint density at radius 2 is 1.20 bits per heavy atom. The number of aliphatic hydroxyl groups is 3. The molecule has 0 aromatic heterocycles. The molecule has 0 aliphatic heterocycles. The number of rotatable bonds is 31. The van der Waals surface area contributed by atoms with Gasteiger partial charge in [-0.2, -0.15) is 0 Å². The third kappa shape index (κ3) is 32.1. The molecule has 12 N–H and O–H groups in total. The molecule has 0 fully saturated rings. The van der Waals surface area contributed by atoms with Gasteiger partial charge in [0.25, 0.3) is 0 Å². The summed E-state index contributed by atoms with van der Waals surface area (Å²) in [7, 11) is -6.72. The number of hydrogen-bond acceptors (Lipinski definition) is 16. The summed E-state index contributed by atoms with van der Waals surface area (Å²) in [4.78, 5) is 49.5. The molecule has 272 valence electrons. The highest BCUT2D eigenvalue weighted by Gasteiger charge is 2.25. The van der Waals surface area contributed by atoms with Crippen molar-refractivity contribution in [3.8, 4) is 0 Å². The average molecular weight is 692 g/mol. The van der Waals surface area contributed by atoms with E-state index in [0.29, 0.717) is 58.3 Å². The summed E-state index contributed by atoms with van der Waals surface area (Å²) in [5.41, 5.74) is 5.24. The quantitative estimate of drug-likeness (QED) is 0.0243. The van der Waals surface area contributed by atoms with Gasteiger partial charge in [-0.05, 0) is 39.7 Å². The second kappa shape index (κ2) is 26.7. The average Bonchev–Trinajstić information content (AvgIpc) is 2.92. The van der Waals surface area contributed by atoms with Crippen LogP contribution in [0, 0.1) is 0 Å². The standard InChI is InChI=1S/C27H65N5O11Si2/c1-27(2,3)43-23-26(35)18-31(11-8-29-7-6-28)12-9-30-10-13-32(19-24(33)21-41-14-4-16-44(36)37)20-25(34)22-42-15-5-17-45(38,39)40/h24-26,29-30,33-40,44H,4-23,28H2,1-3H3. The molecule has 0 aromatic rings. The van der Waals surface area contributed by atoms with E-state index < -0.39 is 36.4 Å². The molecule has 0 radical (unpaired) electrons. The second-order valence-corrected chi connectivity index (χ2v) is 16.0. The Morgan fingerprint density at radius 3 is 1.69 bits per heavy atom. The largest absolute Gasteiger partial charge is 0.492 e. The topological polar surface area (TPSA) is 246 Å². The zero-order valence-electron chi connectivity index (χ0n) is 27.7. The van der Waals surface area contributed by atoms with E-state index in [1.165, 1.54) is 0 Å². The molecule has 0 rings (SSSR count). The minimum atomic E-state index is -4.11. The van der Waals surface area contributed by atoms with E-state index in [2.05, 4.69) is 15.5 Å². The van der Waals surface area contributed by atoms with Gasteiger partial charge in [-0.25, -0.2) is 0 Å². The first-order chi connectivity index (χ1) is 21.1. The van der Waals surface area contributed by atoms with E-state index in [4.69, 9.17) is 43.9 Å². The molecular weight excluding hydrogens is 626 g/mol. The summed E-state index contributed by atoms with van der Waals surface area (Å²) in [5, 5.41) is 38.2. The smallest absolute Gasteiger partial charge is 0.413 e. The summed E-state index contributed by atoms with van der Waals surface area (Å²) in [5.74, 6) is 0. The Hall–Kier alpha value is -0.206. The first-order valence-electron chi connectivity index (χ1n) is 16.0. The molecule has 0 spiro atoms. The van der Waals surface area contributed by atoms with E-state index in [1.807, 2.05) is 25.7 Å². The third-order valence-electron chi connectivity index (χ3n) is 6.42. The van der Waals surface area contributed by atoms with Crippen LogP contribution in [-0.4, -0.2) is 196 Å². The van der Waals surface area contributed by atoms with Gasteiger partial charge in [0, 0.05) is 91.3 Å². The van der Waals surface area contributed by atoms with Crippen LogP contribution < -0.4 is 16.4 Å². The number of nitrogens with zero attached hydrogens (tertiary/aromatic N) is 2. The maximum absolute atomic E-state index is 10.5. The van der Waals surface area contributed by atoms with Gasteiger partial charge >= 0.3 is 18.1 Å². The Morgan fingerprint density at radius 1 is 0.733 bits per heavy atom. The monoisotopic (exact) mass is 691 g/mol. The first-order valence-corrected chi connectivity index (χ1v) is 19.9. The molecule has 0 saturated carbocycles. The van der Waals surface area contributed by atoms with Gasteiger partial charge in [0.2, 0.25) is 0 Å². The van der Waals surface area contributed by atoms with Crippen molar-refractivity contribution in [2.45, 2.75) is 69.6 Å². The van der Waals surface area contributed by atoms with E-state index in [9.17, 15) is 15.3 Å². The summed E-state index contributed by atoms with van der Waals surface area (Å²) in [6.45, 7) is 12.7. The lowest BCUT2D eigenvalue weighted by atomic mass is 10.2. The Kier molecular flexibility index (Phi) is 26.6. The molecule has 0 aromatic carbocycles. The van der Waals surface area contributed by atoms with E-state index in [1.54, 1.807) is 0 Å². The molecule has 0 aliphatic carbocycles. The van der Waals surface area contributed by atoms with Crippen LogP contribution in [0.2, 0.25) is 12.1 Å². The molecule has 3 unspecified atom stereocenters. The molecular formula is C27H65N5O11Si2. The molecule has 0 heterocycles. The van der Waals surface area contributed by atoms with Gasteiger partial charge in [-0.1, -0.05) is 0 Å². The van der Waals surface area contributed by atoms with Gasteiger partial charge in [0.05, 0.1) is 43.7 Å². The molecule has 16 nitrogen and oxygen atoms in total. The minimum absolute atomic E-state index is 0.00907. The zero-order valence-corrected chi connectivity index (χ0v) is 29.9. The zero-order chi connectivity index (χ0) is 34.1. The second-order valence-electron chi connectivity index (χ2n) is 12.4. The van der Waals surface area contributed by atoms with Gasteiger partial charge < -0.3 is 69.9 Å². The normalized spacial score (nSPS) is 15.0. The van der Waals surface area contributed by atoms with Crippen molar-refractivity contribution in [1.29, 1.82) is 0 Å². The molecule has 0 saturated heterocycles. The van der Waals surface area contributed by atoms with Crippen molar-refractivity contribution < 1.29 is 53.5 Å². The predicted molar refractivity (Wildman–Crippen MR) is 176 cm³/mol. The van der Waals surface area contributed by atoms with Crippen LogP contribution in [-0.2, 0) is 14.2 Å². The molecule has 45 heavy (non-hydrogen) atoms. The van der Waals surface area contributed by atoms with E-state index in [0.717, 1.165) is 19.6 Å². The lowest BCUT2D eigenvalue weighted by molar-refractivity contribution is -0.0559. The maximum Gasteiger partial charge on any atom is 0.492 e. The lowest BCUT2D eigenvalue weighted by Crippen LogP contribution is -2.45.